The van der Waals surface area contributed by atoms with Crippen molar-refractivity contribution in [2.45, 2.75) is 4.90 Å². The van der Waals surface area contributed by atoms with Gasteiger partial charge in [0.1, 0.15) is 11.3 Å². The topological polar surface area (TPSA) is 79.8 Å². The highest BCUT2D eigenvalue weighted by atomic mass is 35.5. The maximum atomic E-state index is 13.0. The number of hydrogen-bond acceptors (Lipinski definition) is 7. The number of aromatic nitrogens is 1. The smallest absolute Gasteiger partial charge is 0.257 e. The van der Waals surface area contributed by atoms with Crippen LogP contribution in [0.3, 0.4) is 0 Å². The largest absolute Gasteiger partial charge is 0.496 e. The third-order valence-electron chi connectivity index (χ3n) is 5.00. The van der Waals surface area contributed by atoms with Crippen molar-refractivity contribution in [2.24, 2.45) is 0 Å². The van der Waals surface area contributed by atoms with Crippen molar-refractivity contribution < 1.29 is 17.9 Å². The molecule has 0 N–H and O–H groups in total. The number of carbonyl (C=O) groups is 1. The third-order valence-corrected chi connectivity index (χ3v) is 7.44. The van der Waals surface area contributed by atoms with E-state index in [1.54, 1.807) is 35.2 Å². The summed E-state index contributed by atoms with van der Waals surface area (Å²) in [5.74, 6) is 0.365. The van der Waals surface area contributed by atoms with Gasteiger partial charge in [-0.1, -0.05) is 29.0 Å². The van der Waals surface area contributed by atoms with E-state index >= 15 is 0 Å². The van der Waals surface area contributed by atoms with Crippen LogP contribution in [0.4, 0.5) is 5.13 Å². The van der Waals surface area contributed by atoms with Gasteiger partial charge in [0.2, 0.25) is 0 Å². The lowest BCUT2D eigenvalue weighted by Gasteiger charge is -2.34. The number of piperazine rings is 1. The van der Waals surface area contributed by atoms with E-state index in [1.165, 1.54) is 24.7 Å². The number of thiazole rings is 1. The lowest BCUT2D eigenvalue weighted by atomic mass is 10.1. The molecule has 4 rings (SSSR count). The Morgan fingerprint density at radius 3 is 2.57 bits per heavy atom. The van der Waals surface area contributed by atoms with Gasteiger partial charge in [0.05, 0.1) is 22.3 Å². The highest BCUT2D eigenvalue weighted by molar-refractivity contribution is 7.91. The first-order valence-electron chi connectivity index (χ1n) is 9.25. The molecule has 0 unspecified atom stereocenters. The van der Waals surface area contributed by atoms with E-state index in [1.807, 2.05) is 6.07 Å². The molecule has 1 fully saturated rings. The number of anilines is 1. The van der Waals surface area contributed by atoms with E-state index < -0.39 is 9.84 Å². The zero-order chi connectivity index (χ0) is 21.5. The van der Waals surface area contributed by atoms with Crippen molar-refractivity contribution in [1.29, 1.82) is 0 Å². The monoisotopic (exact) mass is 465 g/mol. The molecule has 1 saturated heterocycles. The van der Waals surface area contributed by atoms with E-state index in [0.29, 0.717) is 48.0 Å². The molecule has 0 saturated carbocycles. The minimum Gasteiger partial charge on any atom is -0.496 e. The Labute approximate surface area is 183 Å². The van der Waals surface area contributed by atoms with Crippen LogP contribution in [0, 0.1) is 0 Å². The molecule has 158 valence electrons. The first kappa shape index (κ1) is 20.9. The van der Waals surface area contributed by atoms with Crippen molar-refractivity contribution in [3.05, 3.63) is 47.0 Å². The van der Waals surface area contributed by atoms with Gasteiger partial charge in [0.25, 0.3) is 5.91 Å². The summed E-state index contributed by atoms with van der Waals surface area (Å²) in [6.07, 6.45) is 1.19. The van der Waals surface area contributed by atoms with Gasteiger partial charge in [0.15, 0.2) is 15.0 Å². The number of fused-ring (bicyclic) bond motifs is 1. The van der Waals surface area contributed by atoms with Crippen LogP contribution < -0.4 is 9.64 Å². The molecule has 1 amide bonds. The zero-order valence-electron chi connectivity index (χ0n) is 16.5. The second-order valence-electron chi connectivity index (χ2n) is 7.00. The average molecular weight is 466 g/mol. The molecular formula is C20H20ClN3O4S2. The van der Waals surface area contributed by atoms with Crippen molar-refractivity contribution in [2.75, 3.05) is 44.4 Å². The second-order valence-corrected chi connectivity index (χ2v) is 10.4. The Kier molecular flexibility index (Phi) is 5.61. The molecule has 2 heterocycles. The number of carbonyl (C=O) groups excluding carboxylic acids is 1. The van der Waals surface area contributed by atoms with Crippen molar-refractivity contribution in [1.82, 2.24) is 9.88 Å². The summed E-state index contributed by atoms with van der Waals surface area (Å²) < 4.78 is 30.2. The molecular weight excluding hydrogens is 446 g/mol. The number of ether oxygens (including phenoxy) is 1. The molecule has 7 nitrogen and oxygen atoms in total. The summed E-state index contributed by atoms with van der Waals surface area (Å²) in [6, 6.07) is 10.2. The average Bonchev–Trinajstić information content (AvgIpc) is 3.17. The lowest BCUT2D eigenvalue weighted by Crippen LogP contribution is -2.48. The molecule has 0 spiro atoms. The predicted molar refractivity (Wildman–Crippen MR) is 119 cm³/mol. The highest BCUT2D eigenvalue weighted by Gasteiger charge is 2.26. The lowest BCUT2D eigenvalue weighted by molar-refractivity contribution is 0.0743. The summed E-state index contributed by atoms with van der Waals surface area (Å²) in [4.78, 5) is 21.6. The molecule has 10 heteroatoms. The minimum absolute atomic E-state index is 0.127. The summed E-state index contributed by atoms with van der Waals surface area (Å²) >= 11 is 7.52. The Balaban J connectivity index is 1.53. The van der Waals surface area contributed by atoms with Gasteiger partial charge in [-0.25, -0.2) is 13.4 Å². The maximum Gasteiger partial charge on any atom is 0.257 e. The number of sulfone groups is 1. The van der Waals surface area contributed by atoms with Gasteiger partial charge in [-0.2, -0.15) is 0 Å². The van der Waals surface area contributed by atoms with E-state index in [9.17, 15) is 13.2 Å². The SMILES string of the molecule is COc1ccc(Cl)cc1C(=O)N1CCN(c2nc3c(S(C)(=O)=O)cccc3s2)CC1. The Morgan fingerprint density at radius 2 is 1.90 bits per heavy atom. The fourth-order valence-corrected chi connectivity index (χ4v) is 5.58. The van der Waals surface area contributed by atoms with Crippen LogP contribution in [0.25, 0.3) is 10.2 Å². The summed E-state index contributed by atoms with van der Waals surface area (Å²) in [7, 11) is -1.83. The van der Waals surface area contributed by atoms with Gasteiger partial charge >= 0.3 is 0 Å². The highest BCUT2D eigenvalue weighted by Crippen LogP contribution is 2.33. The number of halogens is 1. The van der Waals surface area contributed by atoms with E-state index in [0.717, 1.165) is 9.83 Å². The number of methoxy groups -OCH3 is 1. The Bertz CT molecular complexity index is 1220. The minimum atomic E-state index is -3.36. The summed E-state index contributed by atoms with van der Waals surface area (Å²) in [5, 5.41) is 1.24. The van der Waals surface area contributed by atoms with Crippen LogP contribution in [0.5, 0.6) is 5.75 Å². The summed E-state index contributed by atoms with van der Waals surface area (Å²) in [5.41, 5.74) is 0.943. The normalized spacial score (nSPS) is 14.9. The summed E-state index contributed by atoms with van der Waals surface area (Å²) in [6.45, 7) is 2.23. The molecule has 1 aromatic heterocycles. The van der Waals surface area contributed by atoms with Crippen LogP contribution in [-0.4, -0.2) is 63.8 Å². The number of nitrogens with zero attached hydrogens (tertiary/aromatic N) is 3. The number of para-hydroxylation sites is 1. The van der Waals surface area contributed by atoms with Crippen molar-refractivity contribution in [3.8, 4) is 5.75 Å². The molecule has 0 atom stereocenters. The molecule has 30 heavy (non-hydrogen) atoms. The fourth-order valence-electron chi connectivity index (χ4n) is 3.46. The van der Waals surface area contributed by atoms with Gasteiger partial charge in [-0.05, 0) is 30.3 Å². The van der Waals surface area contributed by atoms with E-state index in [-0.39, 0.29) is 10.8 Å². The standard InChI is InChI=1S/C20H20ClN3O4S2/c1-28-15-7-6-13(21)12-14(15)19(25)23-8-10-24(11-9-23)20-22-18-16(29-20)4-3-5-17(18)30(2,26)27/h3-7,12H,8-11H2,1-2H3. The van der Waals surface area contributed by atoms with Crippen LogP contribution in [0.2, 0.25) is 5.02 Å². The van der Waals surface area contributed by atoms with Crippen LogP contribution in [-0.2, 0) is 9.84 Å². The van der Waals surface area contributed by atoms with Crippen LogP contribution in [0.1, 0.15) is 10.4 Å². The first-order chi connectivity index (χ1) is 14.3. The number of amides is 1. The number of rotatable bonds is 4. The molecule has 1 aliphatic rings. The first-order valence-corrected chi connectivity index (χ1v) is 12.3. The third kappa shape index (κ3) is 3.97. The van der Waals surface area contributed by atoms with Gasteiger partial charge < -0.3 is 14.5 Å². The van der Waals surface area contributed by atoms with Gasteiger partial charge in [-0.15, -0.1) is 0 Å². The zero-order valence-corrected chi connectivity index (χ0v) is 18.9. The molecule has 0 radical (unpaired) electrons. The number of benzene rings is 2. The quantitative estimate of drug-likeness (QED) is 0.588. The Morgan fingerprint density at radius 1 is 1.17 bits per heavy atom. The second kappa shape index (κ2) is 8.05. The molecule has 2 aromatic carbocycles. The van der Waals surface area contributed by atoms with Crippen LogP contribution >= 0.6 is 22.9 Å². The number of hydrogen-bond donors (Lipinski definition) is 0. The molecule has 3 aromatic rings. The predicted octanol–water partition coefficient (Wildman–Crippen LogP) is 3.32. The molecule has 0 aliphatic carbocycles. The van der Waals surface area contributed by atoms with E-state index in [4.69, 9.17) is 16.3 Å². The van der Waals surface area contributed by atoms with Crippen LogP contribution in [0.15, 0.2) is 41.3 Å². The van der Waals surface area contributed by atoms with E-state index in [2.05, 4.69) is 9.88 Å². The Hall–Kier alpha value is -2.36. The van der Waals surface area contributed by atoms with Gasteiger partial charge in [-0.3, -0.25) is 4.79 Å². The fraction of sp³-hybridized carbons (Fsp3) is 0.300. The van der Waals surface area contributed by atoms with Crippen molar-refractivity contribution in [3.63, 3.8) is 0 Å². The molecule has 0 bridgehead atoms. The molecule has 1 aliphatic heterocycles. The van der Waals surface area contributed by atoms with Crippen molar-refractivity contribution >= 4 is 54.0 Å². The van der Waals surface area contributed by atoms with Gasteiger partial charge in [0, 0.05) is 37.5 Å². The maximum absolute atomic E-state index is 13.0.